The standard InChI is InChI=1S/C4H12N4OS/c1-10(9)3-2-7-4(5)8-6/h2-3,6H2,1H3,(H3,5,7,8). The first-order chi connectivity index (χ1) is 4.66. The number of hydrogen-bond acceptors (Lipinski definition) is 3. The van der Waals surface area contributed by atoms with Crippen LogP contribution in [0.5, 0.6) is 0 Å². The second-order valence-electron chi connectivity index (χ2n) is 1.69. The molecule has 0 saturated heterocycles. The monoisotopic (exact) mass is 164 g/mol. The zero-order valence-corrected chi connectivity index (χ0v) is 6.65. The van der Waals surface area contributed by atoms with Gasteiger partial charge in [-0.3, -0.25) is 14.6 Å². The summed E-state index contributed by atoms with van der Waals surface area (Å²) in [7, 11) is -0.815. The van der Waals surface area contributed by atoms with Gasteiger partial charge in [-0.05, 0) is 0 Å². The Labute approximate surface area is 62.3 Å². The summed E-state index contributed by atoms with van der Waals surface area (Å²) in [5, 5.41) is 0. The largest absolute Gasteiger partial charge is 0.369 e. The maximum absolute atomic E-state index is 10.5. The smallest absolute Gasteiger partial charge is 0.203 e. The fourth-order valence-electron chi connectivity index (χ4n) is 0.340. The maximum atomic E-state index is 10.5. The van der Waals surface area contributed by atoms with Gasteiger partial charge in [-0.1, -0.05) is 0 Å². The molecule has 5 N–H and O–H groups in total. The Morgan fingerprint density at radius 3 is 2.80 bits per heavy atom. The highest BCUT2D eigenvalue weighted by molar-refractivity contribution is 7.84. The predicted octanol–water partition coefficient (Wildman–Crippen LogP) is -1.86. The van der Waals surface area contributed by atoms with Crippen molar-refractivity contribution in [2.45, 2.75) is 0 Å². The summed E-state index contributed by atoms with van der Waals surface area (Å²) in [6.07, 6.45) is 1.61. The predicted molar refractivity (Wildman–Crippen MR) is 42.7 cm³/mol. The molecule has 0 rings (SSSR count). The van der Waals surface area contributed by atoms with E-state index in [2.05, 4.69) is 10.4 Å². The lowest BCUT2D eigenvalue weighted by Gasteiger charge is -1.96. The topological polar surface area (TPSA) is 93.5 Å². The SMILES string of the molecule is CS(=O)CCN=C(N)NN. The minimum absolute atomic E-state index is 0.172. The molecule has 0 heterocycles. The lowest BCUT2D eigenvalue weighted by Crippen LogP contribution is -2.37. The molecule has 0 spiro atoms. The van der Waals surface area contributed by atoms with Crippen molar-refractivity contribution >= 4 is 16.8 Å². The van der Waals surface area contributed by atoms with Gasteiger partial charge in [-0.2, -0.15) is 0 Å². The molecule has 0 fully saturated rings. The molecule has 0 aromatic rings. The average molecular weight is 164 g/mol. The van der Waals surface area contributed by atoms with Crippen LogP contribution in [0.15, 0.2) is 4.99 Å². The zero-order chi connectivity index (χ0) is 7.98. The van der Waals surface area contributed by atoms with Crippen LogP contribution in [0.1, 0.15) is 0 Å². The number of hydrazine groups is 1. The Bertz CT molecular complexity index is 146. The molecule has 0 bridgehead atoms. The van der Waals surface area contributed by atoms with Crippen LogP contribution in [-0.4, -0.2) is 28.7 Å². The van der Waals surface area contributed by atoms with Crippen LogP contribution in [0, 0.1) is 0 Å². The molecule has 1 atom stereocenters. The average Bonchev–Trinajstić information content (AvgIpc) is 1.87. The van der Waals surface area contributed by atoms with Gasteiger partial charge in [0.25, 0.3) is 0 Å². The third-order valence-electron chi connectivity index (χ3n) is 0.809. The number of aliphatic imine (C=N–C) groups is 1. The maximum Gasteiger partial charge on any atom is 0.203 e. The van der Waals surface area contributed by atoms with Gasteiger partial charge in [-0.15, -0.1) is 0 Å². The van der Waals surface area contributed by atoms with E-state index in [1.54, 1.807) is 6.26 Å². The van der Waals surface area contributed by atoms with Crippen molar-refractivity contribution in [2.75, 3.05) is 18.6 Å². The molecule has 0 aromatic carbocycles. The first kappa shape index (κ1) is 9.38. The molecule has 0 aromatic heterocycles. The van der Waals surface area contributed by atoms with E-state index in [4.69, 9.17) is 11.6 Å². The molecule has 10 heavy (non-hydrogen) atoms. The van der Waals surface area contributed by atoms with E-state index >= 15 is 0 Å². The summed E-state index contributed by atoms with van der Waals surface area (Å²) in [5.41, 5.74) is 7.34. The van der Waals surface area contributed by atoms with E-state index in [0.717, 1.165) is 0 Å². The third kappa shape index (κ3) is 5.52. The third-order valence-corrected chi connectivity index (χ3v) is 1.57. The Hall–Kier alpha value is -0.620. The molecule has 6 heteroatoms. The molecule has 0 radical (unpaired) electrons. The van der Waals surface area contributed by atoms with E-state index in [1.807, 2.05) is 0 Å². The first-order valence-corrected chi connectivity index (χ1v) is 4.46. The van der Waals surface area contributed by atoms with Gasteiger partial charge in [-0.25, -0.2) is 5.84 Å². The minimum Gasteiger partial charge on any atom is -0.369 e. The number of nitrogens with zero attached hydrogens (tertiary/aromatic N) is 1. The van der Waals surface area contributed by atoms with Gasteiger partial charge < -0.3 is 5.73 Å². The summed E-state index contributed by atoms with van der Waals surface area (Å²) in [5.74, 6) is 5.60. The molecule has 0 aliphatic rings. The van der Waals surface area contributed by atoms with Crippen LogP contribution in [0.25, 0.3) is 0 Å². The molecule has 1 unspecified atom stereocenters. The summed E-state index contributed by atoms with van der Waals surface area (Å²) in [4.78, 5) is 3.75. The fraction of sp³-hybridized carbons (Fsp3) is 0.750. The number of hydrogen-bond donors (Lipinski definition) is 3. The second-order valence-corrected chi connectivity index (χ2v) is 3.24. The number of nitrogens with one attached hydrogen (secondary N) is 1. The molecule has 0 aliphatic carbocycles. The highest BCUT2D eigenvalue weighted by Crippen LogP contribution is 1.75. The molecular formula is C4H12N4OS. The van der Waals surface area contributed by atoms with Crippen LogP contribution in [0.2, 0.25) is 0 Å². The van der Waals surface area contributed by atoms with Gasteiger partial charge in [0.1, 0.15) is 0 Å². The van der Waals surface area contributed by atoms with Gasteiger partial charge in [0.15, 0.2) is 0 Å². The summed E-state index contributed by atoms with van der Waals surface area (Å²) < 4.78 is 10.5. The van der Waals surface area contributed by atoms with E-state index in [1.165, 1.54) is 0 Å². The van der Waals surface area contributed by atoms with Crippen molar-refractivity contribution < 1.29 is 4.21 Å². The lowest BCUT2D eigenvalue weighted by molar-refractivity contribution is 0.686. The van der Waals surface area contributed by atoms with Crippen molar-refractivity contribution in [3.63, 3.8) is 0 Å². The van der Waals surface area contributed by atoms with E-state index in [-0.39, 0.29) is 5.96 Å². The van der Waals surface area contributed by atoms with E-state index < -0.39 is 10.8 Å². The molecule has 0 aliphatic heterocycles. The molecule has 0 amide bonds. The van der Waals surface area contributed by atoms with Crippen molar-refractivity contribution in [3.8, 4) is 0 Å². The van der Waals surface area contributed by atoms with Crippen LogP contribution >= 0.6 is 0 Å². The van der Waals surface area contributed by atoms with E-state index in [9.17, 15) is 4.21 Å². The summed E-state index contributed by atoms with van der Waals surface area (Å²) >= 11 is 0. The number of rotatable bonds is 3. The number of nitrogens with two attached hydrogens (primary N) is 2. The Morgan fingerprint density at radius 1 is 1.80 bits per heavy atom. The van der Waals surface area contributed by atoms with Gasteiger partial charge in [0.2, 0.25) is 5.96 Å². The van der Waals surface area contributed by atoms with Gasteiger partial charge in [0.05, 0.1) is 6.54 Å². The van der Waals surface area contributed by atoms with Crippen LogP contribution < -0.4 is 17.0 Å². The highest BCUT2D eigenvalue weighted by Gasteiger charge is 1.88. The van der Waals surface area contributed by atoms with Crippen molar-refractivity contribution in [2.24, 2.45) is 16.6 Å². The Kier molecular flexibility index (Phi) is 4.87. The fourth-order valence-corrected chi connectivity index (χ4v) is 0.689. The summed E-state index contributed by atoms with van der Waals surface area (Å²) in [6, 6.07) is 0. The highest BCUT2D eigenvalue weighted by atomic mass is 32.2. The molecule has 60 valence electrons. The van der Waals surface area contributed by atoms with Crippen LogP contribution in [0.4, 0.5) is 0 Å². The lowest BCUT2D eigenvalue weighted by atomic mass is 10.8. The van der Waals surface area contributed by atoms with Crippen LogP contribution in [0.3, 0.4) is 0 Å². The van der Waals surface area contributed by atoms with E-state index in [0.29, 0.717) is 12.3 Å². The van der Waals surface area contributed by atoms with Gasteiger partial charge >= 0.3 is 0 Å². The quantitative estimate of drug-likeness (QED) is 0.197. The zero-order valence-electron chi connectivity index (χ0n) is 5.83. The second kappa shape index (κ2) is 5.19. The van der Waals surface area contributed by atoms with Crippen LogP contribution in [-0.2, 0) is 10.8 Å². The summed E-state index contributed by atoms with van der Waals surface area (Å²) in [6.45, 7) is 0.444. The first-order valence-electron chi connectivity index (χ1n) is 2.73. The minimum atomic E-state index is -0.815. The van der Waals surface area contributed by atoms with Crippen molar-refractivity contribution in [1.29, 1.82) is 0 Å². The molecular weight excluding hydrogens is 152 g/mol. The Morgan fingerprint density at radius 2 is 2.40 bits per heavy atom. The van der Waals surface area contributed by atoms with Gasteiger partial charge in [0, 0.05) is 22.8 Å². The Balaban J connectivity index is 3.43. The van der Waals surface area contributed by atoms with Crippen molar-refractivity contribution in [1.82, 2.24) is 5.43 Å². The molecule has 5 nitrogen and oxygen atoms in total. The normalized spacial score (nSPS) is 14.8. The van der Waals surface area contributed by atoms with Crippen molar-refractivity contribution in [3.05, 3.63) is 0 Å². The molecule has 0 saturated carbocycles. The number of guanidine groups is 1.